The van der Waals surface area contributed by atoms with Gasteiger partial charge in [0.25, 0.3) is 5.91 Å². The minimum Gasteiger partial charge on any atom is -0.322 e. The fraction of sp³-hybridized carbons (Fsp3) is 0.148. The van der Waals surface area contributed by atoms with E-state index in [4.69, 9.17) is 4.99 Å². The molecule has 2 heterocycles. The highest BCUT2D eigenvalue weighted by Crippen LogP contribution is 2.34. The van der Waals surface area contributed by atoms with Gasteiger partial charge >= 0.3 is 0 Å². The standard InChI is InChI=1S/C27H22FN3O/c1-27(2)15-22-21(25(31-27)19-13-17-7-3-4-11-23(17)29-16-19)10-6-12-24(22)30-26(32)18-8-5-9-20(28)14-18/h3-14,16H,15H2,1-2H3,(H,30,32). The quantitative estimate of drug-likeness (QED) is 0.453. The monoisotopic (exact) mass is 423 g/mol. The number of halogens is 1. The van der Waals surface area contributed by atoms with Gasteiger partial charge in [0.15, 0.2) is 0 Å². The van der Waals surface area contributed by atoms with E-state index >= 15 is 0 Å². The molecule has 158 valence electrons. The molecule has 5 heteroatoms. The van der Waals surface area contributed by atoms with Gasteiger partial charge in [0.05, 0.1) is 16.8 Å². The Morgan fingerprint density at radius 2 is 1.81 bits per heavy atom. The maximum Gasteiger partial charge on any atom is 0.255 e. The van der Waals surface area contributed by atoms with Gasteiger partial charge in [0.2, 0.25) is 0 Å². The van der Waals surface area contributed by atoms with Crippen LogP contribution in [0.15, 0.2) is 84.0 Å². The molecule has 4 aromatic rings. The molecule has 0 saturated heterocycles. The lowest BCUT2D eigenvalue weighted by atomic mass is 9.84. The number of aromatic nitrogens is 1. The van der Waals surface area contributed by atoms with Gasteiger partial charge in [-0.05, 0) is 62.2 Å². The van der Waals surface area contributed by atoms with Crippen molar-refractivity contribution in [1.29, 1.82) is 0 Å². The molecule has 0 saturated carbocycles. The van der Waals surface area contributed by atoms with Gasteiger partial charge in [-0.3, -0.25) is 14.8 Å². The van der Waals surface area contributed by atoms with Crippen molar-refractivity contribution in [3.8, 4) is 0 Å². The number of amides is 1. The summed E-state index contributed by atoms with van der Waals surface area (Å²) in [5.74, 6) is -0.778. The predicted molar refractivity (Wildman–Crippen MR) is 126 cm³/mol. The highest BCUT2D eigenvalue weighted by Gasteiger charge is 2.30. The number of benzene rings is 3. The molecule has 1 aliphatic rings. The van der Waals surface area contributed by atoms with Crippen molar-refractivity contribution < 1.29 is 9.18 Å². The summed E-state index contributed by atoms with van der Waals surface area (Å²) in [5.41, 5.74) is 5.36. The summed E-state index contributed by atoms with van der Waals surface area (Å²) in [5, 5.41) is 4.03. The van der Waals surface area contributed by atoms with Crippen LogP contribution in [0, 0.1) is 5.82 Å². The van der Waals surface area contributed by atoms with Gasteiger partial charge in [0.1, 0.15) is 5.82 Å². The molecule has 0 bridgehead atoms. The van der Waals surface area contributed by atoms with Crippen LogP contribution in [-0.2, 0) is 6.42 Å². The van der Waals surface area contributed by atoms with Gasteiger partial charge in [0, 0.05) is 34.0 Å². The number of nitrogens with zero attached hydrogens (tertiary/aromatic N) is 2. The minimum absolute atomic E-state index is 0.283. The van der Waals surface area contributed by atoms with Crippen molar-refractivity contribution in [1.82, 2.24) is 4.98 Å². The average molecular weight is 423 g/mol. The third-order valence-electron chi connectivity index (χ3n) is 5.65. The number of para-hydroxylation sites is 1. The van der Waals surface area contributed by atoms with Gasteiger partial charge in [-0.2, -0.15) is 0 Å². The molecule has 0 atom stereocenters. The van der Waals surface area contributed by atoms with Crippen molar-refractivity contribution in [2.75, 3.05) is 5.32 Å². The van der Waals surface area contributed by atoms with E-state index in [-0.39, 0.29) is 17.0 Å². The Morgan fingerprint density at radius 1 is 1.00 bits per heavy atom. The van der Waals surface area contributed by atoms with E-state index in [2.05, 4.69) is 30.2 Å². The van der Waals surface area contributed by atoms with Crippen molar-refractivity contribution in [2.24, 2.45) is 4.99 Å². The van der Waals surface area contributed by atoms with E-state index in [1.807, 2.05) is 48.7 Å². The number of nitrogens with one attached hydrogen (secondary N) is 1. The minimum atomic E-state index is -0.438. The Balaban J connectivity index is 1.58. The molecule has 4 nitrogen and oxygen atoms in total. The number of fused-ring (bicyclic) bond motifs is 2. The Labute approximate surface area is 185 Å². The van der Waals surface area contributed by atoms with Crippen LogP contribution in [0.4, 0.5) is 10.1 Å². The SMILES string of the molecule is CC1(C)Cc2c(NC(=O)c3cccc(F)c3)cccc2C(c2cnc3ccccc3c2)=N1. The van der Waals surface area contributed by atoms with E-state index in [0.717, 1.165) is 33.3 Å². The molecule has 5 rings (SSSR count). The van der Waals surface area contributed by atoms with Crippen LogP contribution in [-0.4, -0.2) is 22.1 Å². The van der Waals surface area contributed by atoms with E-state index in [1.165, 1.54) is 18.2 Å². The largest absolute Gasteiger partial charge is 0.322 e. The van der Waals surface area contributed by atoms with Gasteiger partial charge in [-0.1, -0.05) is 36.4 Å². The van der Waals surface area contributed by atoms with Crippen molar-refractivity contribution >= 4 is 28.2 Å². The van der Waals surface area contributed by atoms with Gasteiger partial charge < -0.3 is 5.32 Å². The molecule has 0 radical (unpaired) electrons. The van der Waals surface area contributed by atoms with Crippen molar-refractivity contribution in [2.45, 2.75) is 25.8 Å². The molecule has 0 spiro atoms. The zero-order valence-corrected chi connectivity index (χ0v) is 17.9. The molecular formula is C27H22FN3O. The second-order valence-corrected chi connectivity index (χ2v) is 8.66. The summed E-state index contributed by atoms with van der Waals surface area (Å²) < 4.78 is 13.6. The Morgan fingerprint density at radius 3 is 2.66 bits per heavy atom. The molecule has 3 aromatic carbocycles. The molecule has 1 aromatic heterocycles. The number of hydrogen-bond acceptors (Lipinski definition) is 3. The fourth-order valence-electron chi connectivity index (χ4n) is 4.20. The normalized spacial score (nSPS) is 14.5. The van der Waals surface area contributed by atoms with E-state index in [9.17, 15) is 9.18 Å². The number of aliphatic imine (C=N–C) groups is 1. The molecule has 0 aliphatic carbocycles. The van der Waals surface area contributed by atoms with E-state index < -0.39 is 5.82 Å². The van der Waals surface area contributed by atoms with Gasteiger partial charge in [-0.15, -0.1) is 0 Å². The van der Waals surface area contributed by atoms with Crippen LogP contribution in [0.3, 0.4) is 0 Å². The summed E-state index contributed by atoms with van der Waals surface area (Å²) in [4.78, 5) is 22.4. The number of rotatable bonds is 3. The first-order chi connectivity index (χ1) is 15.4. The highest BCUT2D eigenvalue weighted by atomic mass is 19.1. The zero-order chi connectivity index (χ0) is 22.3. The van der Waals surface area contributed by atoms with Crippen LogP contribution < -0.4 is 5.32 Å². The molecule has 1 N–H and O–H groups in total. The van der Waals surface area contributed by atoms with E-state index in [1.54, 1.807) is 6.07 Å². The van der Waals surface area contributed by atoms with Crippen LogP contribution in [0.2, 0.25) is 0 Å². The third-order valence-corrected chi connectivity index (χ3v) is 5.65. The summed E-state index contributed by atoms with van der Waals surface area (Å²) >= 11 is 0. The molecule has 0 unspecified atom stereocenters. The Bertz CT molecular complexity index is 1390. The van der Waals surface area contributed by atoms with Crippen molar-refractivity contribution in [3.05, 3.63) is 107 Å². The Hall–Kier alpha value is -3.86. The number of anilines is 1. The zero-order valence-electron chi connectivity index (χ0n) is 17.9. The van der Waals surface area contributed by atoms with E-state index in [0.29, 0.717) is 12.1 Å². The number of carbonyl (C=O) groups excluding carboxylic acids is 1. The fourth-order valence-corrected chi connectivity index (χ4v) is 4.20. The molecule has 1 aliphatic heterocycles. The van der Waals surface area contributed by atoms with Crippen LogP contribution >= 0.6 is 0 Å². The number of hydrogen-bond donors (Lipinski definition) is 1. The third kappa shape index (κ3) is 3.78. The number of pyridine rings is 1. The molecule has 32 heavy (non-hydrogen) atoms. The molecule has 0 fully saturated rings. The van der Waals surface area contributed by atoms with Crippen LogP contribution in [0.1, 0.15) is 40.9 Å². The predicted octanol–water partition coefficient (Wildman–Crippen LogP) is 5.80. The first-order valence-electron chi connectivity index (χ1n) is 10.5. The van der Waals surface area contributed by atoms with Gasteiger partial charge in [-0.25, -0.2) is 4.39 Å². The maximum absolute atomic E-state index is 13.6. The average Bonchev–Trinajstić information content (AvgIpc) is 2.78. The van der Waals surface area contributed by atoms with Crippen LogP contribution in [0.5, 0.6) is 0 Å². The number of carbonyl (C=O) groups is 1. The van der Waals surface area contributed by atoms with Crippen molar-refractivity contribution in [3.63, 3.8) is 0 Å². The first-order valence-corrected chi connectivity index (χ1v) is 10.5. The van der Waals surface area contributed by atoms with Crippen LogP contribution in [0.25, 0.3) is 10.9 Å². The lowest BCUT2D eigenvalue weighted by molar-refractivity contribution is 0.102. The molecular weight excluding hydrogens is 401 g/mol. The maximum atomic E-state index is 13.6. The summed E-state index contributed by atoms with van der Waals surface area (Å²) in [6.45, 7) is 4.16. The smallest absolute Gasteiger partial charge is 0.255 e. The highest BCUT2D eigenvalue weighted by molar-refractivity contribution is 6.16. The molecule has 1 amide bonds. The summed E-state index contributed by atoms with van der Waals surface area (Å²) in [6.07, 6.45) is 2.52. The first kappa shape index (κ1) is 20.1. The Kier molecular flexibility index (Phi) is 4.82. The lowest BCUT2D eigenvalue weighted by Crippen LogP contribution is -2.30. The summed E-state index contributed by atoms with van der Waals surface area (Å²) in [6, 6.07) is 21.6. The topological polar surface area (TPSA) is 54.4 Å². The second kappa shape index (κ2) is 7.68. The lowest BCUT2D eigenvalue weighted by Gasteiger charge is -2.31. The summed E-state index contributed by atoms with van der Waals surface area (Å²) in [7, 11) is 0. The second-order valence-electron chi connectivity index (χ2n) is 8.66.